The van der Waals surface area contributed by atoms with Gasteiger partial charge < -0.3 is 14.9 Å². The molecule has 0 aromatic rings. The first-order valence-electron chi connectivity index (χ1n) is 7.54. The molecular weight excluding hydrogens is 256 g/mol. The molecule has 1 fully saturated rings. The van der Waals surface area contributed by atoms with Crippen LogP contribution in [-0.4, -0.2) is 52.1 Å². The zero-order valence-electron chi connectivity index (χ0n) is 13.2. The summed E-state index contributed by atoms with van der Waals surface area (Å²) < 4.78 is 0. The summed E-state index contributed by atoms with van der Waals surface area (Å²) in [4.78, 5) is 27.0. The number of carboxylic acid groups (broad SMARTS) is 1. The van der Waals surface area contributed by atoms with Crippen LogP contribution in [0.4, 0.5) is 4.79 Å². The summed E-state index contributed by atoms with van der Waals surface area (Å²) in [6, 6.07) is -0.0168. The second-order valence-electron chi connectivity index (χ2n) is 6.61. The van der Waals surface area contributed by atoms with E-state index in [2.05, 4.69) is 6.92 Å². The van der Waals surface area contributed by atoms with Crippen molar-refractivity contribution in [2.24, 2.45) is 5.92 Å². The highest BCUT2D eigenvalue weighted by Gasteiger charge is 2.32. The highest BCUT2D eigenvalue weighted by Crippen LogP contribution is 2.23. The zero-order chi connectivity index (χ0) is 15.3. The molecule has 0 saturated carbocycles. The molecule has 1 atom stereocenters. The maximum Gasteiger partial charge on any atom is 0.320 e. The average molecular weight is 284 g/mol. The number of carbonyl (C=O) groups is 2. The third kappa shape index (κ3) is 4.69. The Kier molecular flexibility index (Phi) is 5.84. The number of likely N-dealkylation sites (tertiary alicyclic amines) is 1. The first-order valence-corrected chi connectivity index (χ1v) is 7.54. The molecule has 2 amide bonds. The fourth-order valence-corrected chi connectivity index (χ4v) is 2.67. The molecule has 1 aliphatic heterocycles. The molecule has 1 N–H and O–H groups in total. The van der Waals surface area contributed by atoms with Crippen molar-refractivity contribution in [2.45, 2.75) is 58.9 Å². The Morgan fingerprint density at radius 3 is 2.50 bits per heavy atom. The van der Waals surface area contributed by atoms with Crippen molar-refractivity contribution < 1.29 is 14.7 Å². The molecule has 116 valence electrons. The van der Waals surface area contributed by atoms with Crippen LogP contribution in [0.3, 0.4) is 0 Å². The second kappa shape index (κ2) is 6.95. The number of hydrogen-bond donors (Lipinski definition) is 1. The number of carbonyl (C=O) groups excluding carboxylic acids is 1. The van der Waals surface area contributed by atoms with Gasteiger partial charge in [0, 0.05) is 25.2 Å². The van der Waals surface area contributed by atoms with E-state index in [-0.39, 0.29) is 24.5 Å². The second-order valence-corrected chi connectivity index (χ2v) is 6.61. The lowest BCUT2D eigenvalue weighted by atomic mass is 9.95. The minimum Gasteiger partial charge on any atom is -0.481 e. The lowest BCUT2D eigenvalue weighted by molar-refractivity contribution is -0.137. The smallest absolute Gasteiger partial charge is 0.320 e. The molecule has 5 heteroatoms. The molecule has 1 heterocycles. The molecule has 0 aliphatic carbocycles. The van der Waals surface area contributed by atoms with Gasteiger partial charge in [-0.1, -0.05) is 13.3 Å². The summed E-state index contributed by atoms with van der Waals surface area (Å²) in [5.41, 5.74) is -0.355. The number of piperidine rings is 1. The summed E-state index contributed by atoms with van der Waals surface area (Å²) >= 11 is 0. The Morgan fingerprint density at radius 1 is 1.35 bits per heavy atom. The molecule has 0 aromatic carbocycles. The Hall–Kier alpha value is -1.26. The van der Waals surface area contributed by atoms with Gasteiger partial charge in [0.05, 0.1) is 6.42 Å². The maximum atomic E-state index is 12.7. The summed E-state index contributed by atoms with van der Waals surface area (Å²) in [5.74, 6) is -0.286. The SMILES string of the molecule is CCC1CCCN(C(=O)N(CCC(=O)O)C(C)(C)C)C1. The van der Waals surface area contributed by atoms with E-state index < -0.39 is 5.97 Å². The number of urea groups is 1. The van der Waals surface area contributed by atoms with Gasteiger partial charge in [0.15, 0.2) is 0 Å². The molecule has 0 radical (unpaired) electrons. The van der Waals surface area contributed by atoms with Gasteiger partial charge in [0.1, 0.15) is 0 Å². The molecule has 5 nitrogen and oxygen atoms in total. The lowest BCUT2D eigenvalue weighted by Gasteiger charge is -2.41. The minimum absolute atomic E-state index is 0.00590. The minimum atomic E-state index is -0.864. The van der Waals surface area contributed by atoms with Crippen molar-refractivity contribution in [2.75, 3.05) is 19.6 Å². The van der Waals surface area contributed by atoms with E-state index >= 15 is 0 Å². The van der Waals surface area contributed by atoms with Crippen LogP contribution in [0.15, 0.2) is 0 Å². The molecule has 0 aromatic heterocycles. The molecule has 1 saturated heterocycles. The summed E-state index contributed by atoms with van der Waals surface area (Å²) in [5, 5.41) is 8.85. The largest absolute Gasteiger partial charge is 0.481 e. The van der Waals surface area contributed by atoms with Crippen LogP contribution in [0.2, 0.25) is 0 Å². The average Bonchev–Trinajstić information content (AvgIpc) is 2.36. The van der Waals surface area contributed by atoms with Gasteiger partial charge >= 0.3 is 12.0 Å². The van der Waals surface area contributed by atoms with Gasteiger partial charge in [-0.25, -0.2) is 4.79 Å². The molecule has 20 heavy (non-hydrogen) atoms. The predicted octanol–water partition coefficient (Wildman–Crippen LogP) is 2.80. The highest BCUT2D eigenvalue weighted by atomic mass is 16.4. The summed E-state index contributed by atoms with van der Waals surface area (Å²) in [7, 11) is 0. The van der Waals surface area contributed by atoms with E-state index in [0.29, 0.717) is 5.92 Å². The number of hydrogen-bond acceptors (Lipinski definition) is 2. The number of nitrogens with zero attached hydrogens (tertiary/aromatic N) is 2. The van der Waals surface area contributed by atoms with Crippen LogP contribution >= 0.6 is 0 Å². The van der Waals surface area contributed by atoms with E-state index in [1.807, 2.05) is 25.7 Å². The van der Waals surface area contributed by atoms with E-state index in [4.69, 9.17) is 5.11 Å². The van der Waals surface area contributed by atoms with Crippen molar-refractivity contribution in [1.82, 2.24) is 9.80 Å². The molecule has 1 unspecified atom stereocenters. The quantitative estimate of drug-likeness (QED) is 0.863. The molecule has 0 bridgehead atoms. The fraction of sp³-hybridized carbons (Fsp3) is 0.867. The predicted molar refractivity (Wildman–Crippen MR) is 78.7 cm³/mol. The summed E-state index contributed by atoms with van der Waals surface area (Å²) in [6.07, 6.45) is 3.31. The first kappa shape index (κ1) is 16.8. The van der Waals surface area contributed by atoms with Crippen molar-refractivity contribution in [1.29, 1.82) is 0 Å². The topological polar surface area (TPSA) is 60.9 Å². The monoisotopic (exact) mass is 284 g/mol. The highest BCUT2D eigenvalue weighted by molar-refractivity contribution is 5.76. The van der Waals surface area contributed by atoms with Crippen LogP contribution < -0.4 is 0 Å². The third-order valence-corrected chi connectivity index (χ3v) is 3.96. The van der Waals surface area contributed by atoms with Crippen molar-refractivity contribution >= 4 is 12.0 Å². The Bertz CT molecular complexity index is 350. The Labute approximate surface area is 121 Å². The van der Waals surface area contributed by atoms with Crippen LogP contribution in [0.5, 0.6) is 0 Å². The van der Waals surface area contributed by atoms with E-state index in [1.165, 1.54) is 6.42 Å². The van der Waals surface area contributed by atoms with Gasteiger partial charge in [-0.2, -0.15) is 0 Å². The standard InChI is InChI=1S/C15H28N2O3/c1-5-12-7-6-9-16(11-12)14(20)17(15(2,3)4)10-8-13(18)19/h12H,5-11H2,1-4H3,(H,18,19). The van der Waals surface area contributed by atoms with Crippen molar-refractivity contribution in [3.63, 3.8) is 0 Å². The van der Waals surface area contributed by atoms with Gasteiger partial charge in [-0.15, -0.1) is 0 Å². The fourth-order valence-electron chi connectivity index (χ4n) is 2.67. The van der Waals surface area contributed by atoms with Crippen LogP contribution in [0.25, 0.3) is 0 Å². The van der Waals surface area contributed by atoms with E-state index in [9.17, 15) is 9.59 Å². The van der Waals surface area contributed by atoms with Gasteiger partial charge in [0.25, 0.3) is 0 Å². The van der Waals surface area contributed by atoms with E-state index in [1.54, 1.807) is 4.90 Å². The maximum absolute atomic E-state index is 12.7. The van der Waals surface area contributed by atoms with E-state index in [0.717, 1.165) is 25.9 Å². The zero-order valence-corrected chi connectivity index (χ0v) is 13.2. The Balaban J connectivity index is 2.74. The van der Waals surface area contributed by atoms with Gasteiger partial charge in [-0.3, -0.25) is 4.79 Å². The molecule has 0 spiro atoms. The molecule has 1 rings (SSSR count). The van der Waals surface area contributed by atoms with Crippen LogP contribution in [-0.2, 0) is 4.79 Å². The summed E-state index contributed by atoms with van der Waals surface area (Å²) in [6.45, 7) is 9.87. The third-order valence-electron chi connectivity index (χ3n) is 3.96. The first-order chi connectivity index (χ1) is 9.25. The van der Waals surface area contributed by atoms with Crippen molar-refractivity contribution in [3.8, 4) is 0 Å². The number of carboxylic acids is 1. The van der Waals surface area contributed by atoms with Crippen LogP contribution in [0.1, 0.15) is 53.4 Å². The molecular formula is C15H28N2O3. The number of rotatable bonds is 4. The van der Waals surface area contributed by atoms with Gasteiger partial charge in [-0.05, 0) is 39.5 Å². The van der Waals surface area contributed by atoms with Gasteiger partial charge in [0.2, 0.25) is 0 Å². The normalized spacial score (nSPS) is 19.8. The van der Waals surface area contributed by atoms with Crippen molar-refractivity contribution in [3.05, 3.63) is 0 Å². The molecule has 1 aliphatic rings. The number of amides is 2. The Morgan fingerprint density at radius 2 is 2.00 bits per heavy atom. The lowest BCUT2D eigenvalue weighted by Crippen LogP contribution is -2.54. The number of aliphatic carboxylic acids is 1. The van der Waals surface area contributed by atoms with Crippen LogP contribution in [0, 0.1) is 5.92 Å².